The highest BCUT2D eigenvalue weighted by Gasteiger charge is 2.34. The number of hydrogen-bond donors (Lipinski definition) is 1. The quantitative estimate of drug-likeness (QED) is 0.765. The van der Waals surface area contributed by atoms with Gasteiger partial charge >= 0.3 is 6.03 Å². The lowest BCUT2D eigenvalue weighted by Crippen LogP contribution is -2.39. The van der Waals surface area contributed by atoms with Crippen molar-refractivity contribution in [2.45, 2.75) is 25.4 Å². The van der Waals surface area contributed by atoms with Crippen LogP contribution in [0.15, 0.2) is 53.2 Å². The standard InChI is InChI=1S/C19H18FN5O2/c20-14-8-6-13(7-9-14)12-22-19(26)25-11-3-5-16(25)18-23-17(24-27-18)15-4-1-2-10-21-15/h1-2,4,6-10,16H,3,5,11-12H2,(H,22,26)/t16-/m0/s1. The van der Waals surface area contributed by atoms with Gasteiger partial charge in [-0.05, 0) is 42.7 Å². The molecule has 0 unspecified atom stereocenters. The number of carbonyl (C=O) groups excluding carboxylic acids is 1. The summed E-state index contributed by atoms with van der Waals surface area (Å²) in [6.45, 7) is 0.937. The number of rotatable bonds is 4. The lowest BCUT2D eigenvalue weighted by atomic mass is 10.2. The van der Waals surface area contributed by atoms with Gasteiger partial charge in [0.1, 0.15) is 17.6 Å². The zero-order chi connectivity index (χ0) is 18.6. The predicted octanol–water partition coefficient (Wildman–Crippen LogP) is 3.32. The van der Waals surface area contributed by atoms with Gasteiger partial charge in [0, 0.05) is 19.3 Å². The van der Waals surface area contributed by atoms with Crippen molar-refractivity contribution in [3.8, 4) is 11.5 Å². The maximum Gasteiger partial charge on any atom is 0.318 e. The predicted molar refractivity (Wildman–Crippen MR) is 94.8 cm³/mol. The third-order valence-electron chi connectivity index (χ3n) is 4.49. The molecule has 2 aromatic heterocycles. The summed E-state index contributed by atoms with van der Waals surface area (Å²) in [5, 5.41) is 6.85. The number of urea groups is 1. The third kappa shape index (κ3) is 3.79. The lowest BCUT2D eigenvalue weighted by Gasteiger charge is -2.22. The summed E-state index contributed by atoms with van der Waals surface area (Å²) in [7, 11) is 0. The van der Waals surface area contributed by atoms with Crippen molar-refractivity contribution in [2.75, 3.05) is 6.54 Å². The van der Waals surface area contributed by atoms with E-state index in [2.05, 4.69) is 20.4 Å². The van der Waals surface area contributed by atoms with Gasteiger partial charge in [-0.25, -0.2) is 9.18 Å². The minimum Gasteiger partial charge on any atom is -0.337 e. The zero-order valence-corrected chi connectivity index (χ0v) is 14.5. The van der Waals surface area contributed by atoms with Crippen LogP contribution in [0, 0.1) is 5.82 Å². The number of pyridine rings is 1. The number of likely N-dealkylation sites (tertiary alicyclic amines) is 1. The van der Waals surface area contributed by atoms with Gasteiger partial charge in [-0.2, -0.15) is 4.98 Å². The van der Waals surface area contributed by atoms with Gasteiger partial charge in [-0.1, -0.05) is 23.4 Å². The zero-order valence-electron chi connectivity index (χ0n) is 14.5. The van der Waals surface area contributed by atoms with Crippen LogP contribution in [0.25, 0.3) is 11.5 Å². The monoisotopic (exact) mass is 367 g/mol. The van der Waals surface area contributed by atoms with Crippen LogP contribution in [0.1, 0.15) is 30.3 Å². The molecular weight excluding hydrogens is 349 g/mol. The largest absolute Gasteiger partial charge is 0.337 e. The Labute approximate surface area is 155 Å². The lowest BCUT2D eigenvalue weighted by molar-refractivity contribution is 0.180. The molecule has 2 amide bonds. The first-order chi connectivity index (χ1) is 13.2. The van der Waals surface area contributed by atoms with E-state index >= 15 is 0 Å². The first-order valence-electron chi connectivity index (χ1n) is 8.74. The van der Waals surface area contributed by atoms with E-state index in [4.69, 9.17) is 4.52 Å². The fraction of sp³-hybridized carbons (Fsp3) is 0.263. The summed E-state index contributed by atoms with van der Waals surface area (Å²) in [5.41, 5.74) is 1.45. The Morgan fingerprint density at radius 2 is 2.11 bits per heavy atom. The van der Waals surface area contributed by atoms with E-state index in [1.807, 2.05) is 12.1 Å². The molecule has 1 aromatic carbocycles. The minimum absolute atomic E-state index is 0.209. The average molecular weight is 367 g/mol. The Balaban J connectivity index is 1.43. The molecule has 0 radical (unpaired) electrons. The maximum absolute atomic E-state index is 13.0. The maximum atomic E-state index is 13.0. The smallest absolute Gasteiger partial charge is 0.318 e. The molecule has 1 saturated heterocycles. The highest BCUT2D eigenvalue weighted by molar-refractivity contribution is 5.75. The molecule has 0 aliphatic carbocycles. The molecule has 138 valence electrons. The molecule has 3 aromatic rings. The normalized spacial score (nSPS) is 16.5. The van der Waals surface area contributed by atoms with Gasteiger partial charge in [-0.15, -0.1) is 0 Å². The molecule has 0 spiro atoms. The van der Waals surface area contributed by atoms with E-state index in [-0.39, 0.29) is 17.9 Å². The number of nitrogens with zero attached hydrogens (tertiary/aromatic N) is 4. The first-order valence-corrected chi connectivity index (χ1v) is 8.74. The van der Waals surface area contributed by atoms with Gasteiger partial charge in [0.25, 0.3) is 0 Å². The van der Waals surface area contributed by atoms with Crippen molar-refractivity contribution in [2.24, 2.45) is 0 Å². The van der Waals surface area contributed by atoms with E-state index in [0.29, 0.717) is 30.5 Å². The van der Waals surface area contributed by atoms with Crippen LogP contribution in [0.4, 0.5) is 9.18 Å². The van der Waals surface area contributed by atoms with Crippen LogP contribution >= 0.6 is 0 Å². The van der Waals surface area contributed by atoms with Crippen molar-refractivity contribution < 1.29 is 13.7 Å². The van der Waals surface area contributed by atoms with E-state index < -0.39 is 0 Å². The second kappa shape index (κ2) is 7.53. The van der Waals surface area contributed by atoms with E-state index in [1.165, 1.54) is 12.1 Å². The number of carbonyl (C=O) groups is 1. The molecule has 3 heterocycles. The second-order valence-corrected chi connectivity index (χ2v) is 6.31. The highest BCUT2D eigenvalue weighted by Crippen LogP contribution is 2.31. The SMILES string of the molecule is O=C(NCc1ccc(F)cc1)N1CCC[C@H]1c1nc(-c2ccccn2)no1. The van der Waals surface area contributed by atoms with Crippen molar-refractivity contribution in [1.29, 1.82) is 0 Å². The summed E-state index contributed by atoms with van der Waals surface area (Å²) >= 11 is 0. The van der Waals surface area contributed by atoms with Gasteiger partial charge < -0.3 is 14.7 Å². The Hall–Kier alpha value is -3.29. The summed E-state index contributed by atoms with van der Waals surface area (Å²) < 4.78 is 18.4. The molecule has 4 rings (SSSR count). The molecule has 1 N–H and O–H groups in total. The number of amides is 2. The molecular formula is C19H18FN5O2. The molecule has 1 aliphatic heterocycles. The van der Waals surface area contributed by atoms with Crippen molar-refractivity contribution in [3.05, 3.63) is 65.9 Å². The minimum atomic E-state index is -0.301. The van der Waals surface area contributed by atoms with Crippen LogP contribution in [-0.2, 0) is 6.54 Å². The number of halogens is 1. The molecule has 0 saturated carbocycles. The second-order valence-electron chi connectivity index (χ2n) is 6.31. The van der Waals surface area contributed by atoms with Crippen molar-refractivity contribution in [3.63, 3.8) is 0 Å². The summed E-state index contributed by atoms with van der Waals surface area (Å²) in [6.07, 6.45) is 3.28. The highest BCUT2D eigenvalue weighted by atomic mass is 19.1. The number of benzene rings is 1. The Morgan fingerprint density at radius 1 is 1.26 bits per heavy atom. The van der Waals surface area contributed by atoms with E-state index in [1.54, 1.807) is 29.3 Å². The number of nitrogens with one attached hydrogen (secondary N) is 1. The number of hydrogen-bond acceptors (Lipinski definition) is 5. The Kier molecular flexibility index (Phi) is 4.78. The van der Waals surface area contributed by atoms with Crippen LogP contribution in [-0.4, -0.2) is 32.6 Å². The molecule has 1 fully saturated rings. The fourth-order valence-corrected chi connectivity index (χ4v) is 3.12. The van der Waals surface area contributed by atoms with Gasteiger partial charge in [-0.3, -0.25) is 4.98 Å². The molecule has 0 bridgehead atoms. The van der Waals surface area contributed by atoms with Crippen LogP contribution < -0.4 is 5.32 Å². The third-order valence-corrected chi connectivity index (χ3v) is 4.49. The van der Waals surface area contributed by atoms with Crippen LogP contribution in [0.3, 0.4) is 0 Å². The average Bonchev–Trinajstić information content (AvgIpc) is 3.37. The molecule has 8 heteroatoms. The Bertz CT molecular complexity index is 913. The molecule has 1 atom stereocenters. The summed E-state index contributed by atoms with van der Waals surface area (Å²) in [4.78, 5) is 22.9. The molecule has 1 aliphatic rings. The summed E-state index contributed by atoms with van der Waals surface area (Å²) in [5.74, 6) is 0.513. The van der Waals surface area contributed by atoms with Crippen LogP contribution in [0.5, 0.6) is 0 Å². The molecule has 27 heavy (non-hydrogen) atoms. The van der Waals surface area contributed by atoms with E-state index in [9.17, 15) is 9.18 Å². The van der Waals surface area contributed by atoms with Crippen LogP contribution in [0.2, 0.25) is 0 Å². The topological polar surface area (TPSA) is 84.2 Å². The van der Waals surface area contributed by atoms with Gasteiger partial charge in [0.15, 0.2) is 0 Å². The van der Waals surface area contributed by atoms with E-state index in [0.717, 1.165) is 18.4 Å². The van der Waals surface area contributed by atoms with Crippen molar-refractivity contribution in [1.82, 2.24) is 25.3 Å². The fourth-order valence-electron chi connectivity index (χ4n) is 3.12. The summed E-state index contributed by atoms with van der Waals surface area (Å²) in [6, 6.07) is 11.0. The molecule has 7 nitrogen and oxygen atoms in total. The van der Waals surface area contributed by atoms with Gasteiger partial charge in [0.05, 0.1) is 0 Å². The Morgan fingerprint density at radius 3 is 2.89 bits per heavy atom. The van der Waals surface area contributed by atoms with Crippen molar-refractivity contribution >= 4 is 6.03 Å². The first kappa shape index (κ1) is 17.1. The van der Waals surface area contributed by atoms with Gasteiger partial charge in [0.2, 0.25) is 11.7 Å². The number of aromatic nitrogens is 3.